The number of thiazole rings is 1. The second-order valence-electron chi connectivity index (χ2n) is 7.91. The fraction of sp³-hybridized carbons (Fsp3) is 0.0741. The number of ether oxygens (including phenoxy) is 2. The van der Waals surface area contributed by atoms with Crippen LogP contribution in [0.4, 0.5) is 10.8 Å². The topological polar surface area (TPSA) is 136 Å². The van der Waals surface area contributed by atoms with Crippen molar-refractivity contribution in [2.75, 3.05) is 24.3 Å². The highest BCUT2D eigenvalue weighted by molar-refractivity contribution is 7.93. The smallest absolute Gasteiger partial charge is 0.272 e. The van der Waals surface area contributed by atoms with Gasteiger partial charge in [0.05, 0.1) is 19.1 Å². The van der Waals surface area contributed by atoms with Crippen LogP contribution in [0.3, 0.4) is 0 Å². The van der Waals surface area contributed by atoms with Gasteiger partial charge in [-0.1, -0.05) is 24.3 Å². The molecule has 4 aromatic rings. The quantitative estimate of drug-likeness (QED) is 0.243. The van der Waals surface area contributed by atoms with Crippen molar-refractivity contribution in [3.63, 3.8) is 0 Å². The molecule has 0 unspecified atom stereocenters. The fourth-order valence-electron chi connectivity index (χ4n) is 3.42. The van der Waals surface area contributed by atoms with Crippen LogP contribution in [0.15, 0.2) is 95.0 Å². The Bertz CT molecular complexity index is 1590. The van der Waals surface area contributed by atoms with Gasteiger partial charge in [-0.25, -0.2) is 13.4 Å². The van der Waals surface area contributed by atoms with Gasteiger partial charge in [0.15, 0.2) is 16.6 Å². The average molecular weight is 565 g/mol. The summed E-state index contributed by atoms with van der Waals surface area (Å²) in [6, 6.07) is 19.1. The number of hydrogen-bond donors (Lipinski definition) is 3. The molecule has 0 saturated heterocycles. The Morgan fingerprint density at radius 3 is 2.28 bits per heavy atom. The van der Waals surface area contributed by atoms with E-state index in [1.165, 1.54) is 50.8 Å². The number of rotatable bonds is 10. The Balaban J connectivity index is 1.58. The monoisotopic (exact) mass is 564 g/mol. The largest absolute Gasteiger partial charge is 0.493 e. The van der Waals surface area contributed by atoms with Crippen molar-refractivity contribution in [1.29, 1.82) is 0 Å². The third kappa shape index (κ3) is 7.00. The molecule has 1 aromatic heterocycles. The average Bonchev–Trinajstić information content (AvgIpc) is 3.45. The first-order chi connectivity index (χ1) is 18.8. The number of carbonyl (C=O) groups excluding carboxylic acids is 2. The zero-order chi connectivity index (χ0) is 27.8. The van der Waals surface area contributed by atoms with Crippen LogP contribution in [0.25, 0.3) is 6.08 Å². The maximum absolute atomic E-state index is 13.3. The van der Waals surface area contributed by atoms with Crippen LogP contribution < -0.4 is 24.8 Å². The van der Waals surface area contributed by atoms with Gasteiger partial charge in [-0.2, -0.15) is 0 Å². The lowest BCUT2D eigenvalue weighted by molar-refractivity contribution is -0.113. The van der Waals surface area contributed by atoms with Crippen molar-refractivity contribution in [3.05, 3.63) is 101 Å². The van der Waals surface area contributed by atoms with Crippen molar-refractivity contribution in [3.8, 4) is 11.5 Å². The SMILES string of the molecule is COc1ccc(/C=C(/NC(=O)c2ccccc2)C(=O)Nc2ccc(S(=O)(=O)Nc3nccs3)cc2)cc1OC. The number of nitrogens with zero attached hydrogens (tertiary/aromatic N) is 1. The predicted octanol–water partition coefficient (Wildman–Crippen LogP) is 4.37. The van der Waals surface area contributed by atoms with Crippen molar-refractivity contribution < 1.29 is 27.5 Å². The van der Waals surface area contributed by atoms with E-state index in [1.807, 2.05) is 0 Å². The summed E-state index contributed by atoms with van der Waals surface area (Å²) in [4.78, 5) is 30.0. The summed E-state index contributed by atoms with van der Waals surface area (Å²) < 4.78 is 38.2. The molecule has 4 rings (SSSR count). The maximum atomic E-state index is 13.3. The van der Waals surface area contributed by atoms with Crippen molar-refractivity contribution >= 4 is 50.1 Å². The Labute approximate surface area is 229 Å². The molecule has 0 spiro atoms. The van der Waals surface area contributed by atoms with Gasteiger partial charge < -0.3 is 20.1 Å². The molecule has 0 aliphatic heterocycles. The molecule has 0 aliphatic carbocycles. The summed E-state index contributed by atoms with van der Waals surface area (Å²) >= 11 is 1.15. The van der Waals surface area contributed by atoms with Crippen LogP contribution in [-0.4, -0.2) is 39.4 Å². The van der Waals surface area contributed by atoms with Gasteiger partial charge >= 0.3 is 0 Å². The van der Waals surface area contributed by atoms with Crippen LogP contribution in [0.2, 0.25) is 0 Å². The fourth-order valence-corrected chi connectivity index (χ4v) is 5.20. The van der Waals surface area contributed by atoms with Gasteiger partial charge in [0, 0.05) is 22.8 Å². The highest BCUT2D eigenvalue weighted by Crippen LogP contribution is 2.28. The second-order valence-corrected chi connectivity index (χ2v) is 10.5. The first-order valence-corrected chi connectivity index (χ1v) is 13.8. The first-order valence-electron chi connectivity index (χ1n) is 11.4. The van der Waals surface area contributed by atoms with Crippen LogP contribution in [0.1, 0.15) is 15.9 Å². The molecule has 0 aliphatic rings. The molecule has 200 valence electrons. The number of amides is 2. The molecule has 0 fully saturated rings. The number of sulfonamides is 1. The van der Waals surface area contributed by atoms with Gasteiger partial charge in [-0.3, -0.25) is 14.3 Å². The highest BCUT2D eigenvalue weighted by Gasteiger charge is 2.18. The van der Waals surface area contributed by atoms with Crippen LogP contribution in [-0.2, 0) is 14.8 Å². The summed E-state index contributed by atoms with van der Waals surface area (Å²) in [5, 5.41) is 7.24. The highest BCUT2D eigenvalue weighted by atomic mass is 32.2. The van der Waals surface area contributed by atoms with Gasteiger partial charge in [0.25, 0.3) is 21.8 Å². The number of methoxy groups -OCH3 is 2. The van der Waals surface area contributed by atoms with Crippen LogP contribution in [0, 0.1) is 0 Å². The molecule has 0 bridgehead atoms. The lowest BCUT2D eigenvalue weighted by atomic mass is 10.1. The zero-order valence-electron chi connectivity index (χ0n) is 20.9. The van der Waals surface area contributed by atoms with Gasteiger partial charge in [0.2, 0.25) is 0 Å². The standard InChI is InChI=1S/C27H24N4O6S2/c1-36-23-13-8-18(17-24(23)37-2)16-22(30-25(32)19-6-4-3-5-7-19)26(33)29-20-9-11-21(12-10-20)39(34,35)31-27-28-14-15-38-27/h3-17H,1-2H3,(H,28,31)(H,29,33)(H,30,32)/b22-16+. The lowest BCUT2D eigenvalue weighted by Crippen LogP contribution is -2.30. The summed E-state index contributed by atoms with van der Waals surface area (Å²) in [6.45, 7) is 0. The molecule has 0 radical (unpaired) electrons. The number of hydrogen-bond acceptors (Lipinski definition) is 8. The Hall–Kier alpha value is -4.68. The van der Waals surface area contributed by atoms with Crippen molar-refractivity contribution in [2.24, 2.45) is 0 Å². The molecule has 39 heavy (non-hydrogen) atoms. The van der Waals surface area contributed by atoms with Gasteiger partial charge in [0.1, 0.15) is 5.70 Å². The number of anilines is 2. The summed E-state index contributed by atoms with van der Waals surface area (Å²) in [6.07, 6.45) is 2.99. The summed E-state index contributed by atoms with van der Waals surface area (Å²) in [5.74, 6) is -0.144. The third-order valence-electron chi connectivity index (χ3n) is 5.32. The minimum absolute atomic E-state index is 0.00540. The van der Waals surface area contributed by atoms with Gasteiger partial charge in [-0.05, 0) is 60.2 Å². The number of aromatic nitrogens is 1. The molecule has 12 heteroatoms. The lowest BCUT2D eigenvalue weighted by Gasteiger charge is -2.13. The van der Waals surface area contributed by atoms with Crippen molar-refractivity contribution in [1.82, 2.24) is 10.3 Å². The normalized spacial score (nSPS) is 11.4. The zero-order valence-corrected chi connectivity index (χ0v) is 22.5. The van der Waals surface area contributed by atoms with E-state index >= 15 is 0 Å². The second kappa shape index (κ2) is 12.2. The molecular weight excluding hydrogens is 540 g/mol. The van der Waals surface area contributed by atoms with Crippen LogP contribution in [0.5, 0.6) is 11.5 Å². The van der Waals surface area contributed by atoms with E-state index in [2.05, 4.69) is 20.3 Å². The van der Waals surface area contributed by atoms with E-state index in [0.717, 1.165) is 11.3 Å². The van der Waals surface area contributed by atoms with E-state index in [1.54, 1.807) is 53.9 Å². The minimum atomic E-state index is -3.85. The summed E-state index contributed by atoms with van der Waals surface area (Å²) in [7, 11) is -0.845. The minimum Gasteiger partial charge on any atom is -0.493 e. The molecule has 3 N–H and O–H groups in total. The molecule has 0 atom stereocenters. The van der Waals surface area contributed by atoms with Gasteiger partial charge in [-0.15, -0.1) is 11.3 Å². The third-order valence-corrected chi connectivity index (χ3v) is 7.50. The predicted molar refractivity (Wildman–Crippen MR) is 149 cm³/mol. The van der Waals surface area contributed by atoms with E-state index in [4.69, 9.17) is 9.47 Å². The molecule has 3 aromatic carbocycles. The van der Waals surface area contributed by atoms with Crippen LogP contribution >= 0.6 is 11.3 Å². The Kier molecular flexibility index (Phi) is 8.59. The number of carbonyl (C=O) groups is 2. The molecule has 1 heterocycles. The van der Waals surface area contributed by atoms with E-state index in [0.29, 0.717) is 28.3 Å². The Morgan fingerprint density at radius 1 is 0.923 bits per heavy atom. The first kappa shape index (κ1) is 27.4. The molecule has 2 amide bonds. The molecular formula is C27H24N4O6S2. The van der Waals surface area contributed by atoms with E-state index < -0.39 is 21.8 Å². The number of benzene rings is 3. The van der Waals surface area contributed by atoms with E-state index in [-0.39, 0.29) is 15.7 Å². The van der Waals surface area contributed by atoms with E-state index in [9.17, 15) is 18.0 Å². The Morgan fingerprint density at radius 2 is 1.64 bits per heavy atom. The van der Waals surface area contributed by atoms with Crippen molar-refractivity contribution in [2.45, 2.75) is 4.90 Å². The summed E-state index contributed by atoms with van der Waals surface area (Å²) in [5.41, 5.74) is 1.21. The number of nitrogens with one attached hydrogen (secondary N) is 3. The molecule has 10 nitrogen and oxygen atoms in total. The molecule has 0 saturated carbocycles. The maximum Gasteiger partial charge on any atom is 0.272 e.